The number of carbonyl (C=O) groups excluding carboxylic acids is 2. The molecule has 20 heavy (non-hydrogen) atoms. The molecule has 1 unspecified atom stereocenters. The van der Waals surface area contributed by atoms with E-state index in [-0.39, 0.29) is 24.1 Å². The van der Waals surface area contributed by atoms with Crippen molar-refractivity contribution in [2.45, 2.75) is 38.3 Å². The van der Waals surface area contributed by atoms with Gasteiger partial charge in [-0.05, 0) is 31.0 Å². The highest BCUT2D eigenvalue weighted by atomic mass is 19.3. The quantitative estimate of drug-likeness (QED) is 0.913. The maximum atomic E-state index is 12.3. The van der Waals surface area contributed by atoms with Crippen molar-refractivity contribution in [3.63, 3.8) is 0 Å². The summed E-state index contributed by atoms with van der Waals surface area (Å²) in [5.74, 6) is -1.14. The van der Waals surface area contributed by atoms with Crippen LogP contribution >= 0.6 is 0 Å². The van der Waals surface area contributed by atoms with E-state index < -0.39 is 12.0 Å². The van der Waals surface area contributed by atoms with Crippen LogP contribution < -0.4 is 0 Å². The SMILES string of the molecule is CC1CCC(=O)N1[C@@H](Cc1ccc(O)cc1)C(=O)OF. The minimum atomic E-state index is -1.07. The number of halogens is 1. The molecule has 1 fully saturated rings. The Morgan fingerprint density at radius 3 is 2.65 bits per heavy atom. The number of hydrogen-bond donors (Lipinski definition) is 1. The maximum Gasteiger partial charge on any atom is 0.371 e. The number of hydrogen-bond acceptors (Lipinski definition) is 4. The standard InChI is InChI=1S/C14H16FNO4/c1-9-2-7-13(18)16(9)12(14(19)20-15)8-10-3-5-11(17)6-4-10/h3-6,9,12,17H,2,7-8H2,1H3/t9?,12-/m0/s1. The van der Waals surface area contributed by atoms with Gasteiger partial charge in [-0.15, -0.1) is 0 Å². The van der Waals surface area contributed by atoms with Crippen LogP contribution in [0.1, 0.15) is 25.3 Å². The summed E-state index contributed by atoms with van der Waals surface area (Å²) in [7, 11) is 0. The van der Waals surface area contributed by atoms with Crippen LogP contribution in [0.25, 0.3) is 0 Å². The predicted molar refractivity (Wildman–Crippen MR) is 68.3 cm³/mol. The van der Waals surface area contributed by atoms with Crippen LogP contribution in [0.15, 0.2) is 24.3 Å². The Kier molecular flexibility index (Phi) is 4.22. The summed E-state index contributed by atoms with van der Waals surface area (Å²) in [6.07, 6.45) is 1.15. The molecule has 1 aromatic carbocycles. The van der Waals surface area contributed by atoms with Gasteiger partial charge in [-0.1, -0.05) is 12.1 Å². The van der Waals surface area contributed by atoms with Gasteiger partial charge in [0.05, 0.1) is 0 Å². The third-order valence-corrected chi connectivity index (χ3v) is 3.59. The number of aromatic hydroxyl groups is 1. The highest BCUT2D eigenvalue weighted by Gasteiger charge is 2.38. The van der Waals surface area contributed by atoms with Crippen LogP contribution in [0.3, 0.4) is 0 Å². The van der Waals surface area contributed by atoms with Crippen molar-refractivity contribution < 1.29 is 24.2 Å². The lowest BCUT2D eigenvalue weighted by Gasteiger charge is -2.28. The molecule has 1 N–H and O–H groups in total. The van der Waals surface area contributed by atoms with E-state index in [4.69, 9.17) is 0 Å². The number of amides is 1. The van der Waals surface area contributed by atoms with Crippen LogP contribution in [0.2, 0.25) is 0 Å². The van der Waals surface area contributed by atoms with Gasteiger partial charge in [0.25, 0.3) is 0 Å². The largest absolute Gasteiger partial charge is 0.508 e. The highest BCUT2D eigenvalue weighted by Crippen LogP contribution is 2.24. The number of phenols is 1. The van der Waals surface area contributed by atoms with Crippen LogP contribution in [0, 0.1) is 0 Å². The predicted octanol–water partition coefficient (Wildman–Crippen LogP) is 1.74. The number of nitrogens with zero attached hydrogens (tertiary/aromatic N) is 1. The Morgan fingerprint density at radius 1 is 1.50 bits per heavy atom. The van der Waals surface area contributed by atoms with Crippen molar-refractivity contribution >= 4 is 11.9 Å². The van der Waals surface area contributed by atoms with Gasteiger partial charge in [0.1, 0.15) is 11.8 Å². The average molecular weight is 281 g/mol. The first kappa shape index (κ1) is 14.3. The molecular formula is C14H16FNO4. The molecule has 0 aromatic heterocycles. The van der Waals surface area contributed by atoms with Gasteiger partial charge in [0, 0.05) is 23.4 Å². The zero-order valence-corrected chi connectivity index (χ0v) is 11.1. The van der Waals surface area contributed by atoms with Crippen molar-refractivity contribution in [1.82, 2.24) is 4.90 Å². The van der Waals surface area contributed by atoms with Crippen molar-refractivity contribution in [3.05, 3.63) is 29.8 Å². The third kappa shape index (κ3) is 2.89. The van der Waals surface area contributed by atoms with Crippen LogP contribution in [-0.2, 0) is 21.0 Å². The Labute approximate surface area is 115 Å². The van der Waals surface area contributed by atoms with Gasteiger partial charge in [-0.2, -0.15) is 0 Å². The lowest BCUT2D eigenvalue weighted by atomic mass is 10.0. The van der Waals surface area contributed by atoms with Gasteiger partial charge in [0.2, 0.25) is 5.91 Å². The summed E-state index contributed by atoms with van der Waals surface area (Å²) in [5.41, 5.74) is 0.713. The first-order chi connectivity index (χ1) is 9.52. The molecule has 1 amide bonds. The van der Waals surface area contributed by atoms with E-state index >= 15 is 0 Å². The fourth-order valence-electron chi connectivity index (χ4n) is 2.53. The monoisotopic (exact) mass is 281 g/mol. The molecule has 5 nitrogen and oxygen atoms in total. The number of phenolic OH excluding ortho intramolecular Hbond substituents is 1. The van der Waals surface area contributed by atoms with Gasteiger partial charge in [-0.3, -0.25) is 9.74 Å². The fraction of sp³-hybridized carbons (Fsp3) is 0.429. The smallest absolute Gasteiger partial charge is 0.371 e. The topological polar surface area (TPSA) is 66.8 Å². The number of likely N-dealkylation sites (tertiary alicyclic amines) is 1. The van der Waals surface area contributed by atoms with Crippen molar-refractivity contribution in [1.29, 1.82) is 0 Å². The molecule has 1 aliphatic rings. The zero-order chi connectivity index (χ0) is 14.7. The number of carbonyl (C=O) groups is 2. The Morgan fingerprint density at radius 2 is 2.15 bits per heavy atom. The second-order valence-corrected chi connectivity index (χ2v) is 4.97. The molecule has 1 saturated heterocycles. The first-order valence-electron chi connectivity index (χ1n) is 6.44. The number of benzene rings is 1. The molecule has 1 aliphatic heterocycles. The zero-order valence-electron chi connectivity index (χ0n) is 11.1. The average Bonchev–Trinajstić information content (AvgIpc) is 2.77. The summed E-state index contributed by atoms with van der Waals surface area (Å²) < 4.78 is 12.3. The van der Waals surface area contributed by atoms with Gasteiger partial charge in [0.15, 0.2) is 0 Å². The Balaban J connectivity index is 2.21. The molecule has 0 radical (unpaired) electrons. The molecular weight excluding hydrogens is 265 g/mol. The van der Waals surface area contributed by atoms with Crippen LogP contribution in [-0.4, -0.2) is 34.0 Å². The maximum absolute atomic E-state index is 12.3. The van der Waals surface area contributed by atoms with E-state index in [2.05, 4.69) is 4.94 Å². The molecule has 0 spiro atoms. The molecule has 108 valence electrons. The highest BCUT2D eigenvalue weighted by molar-refractivity contribution is 5.86. The van der Waals surface area contributed by atoms with Gasteiger partial charge < -0.3 is 10.0 Å². The van der Waals surface area contributed by atoms with E-state index in [0.717, 1.165) is 0 Å². The van der Waals surface area contributed by atoms with Crippen molar-refractivity contribution in [2.75, 3.05) is 0 Å². The van der Waals surface area contributed by atoms with Crippen molar-refractivity contribution in [3.8, 4) is 5.75 Å². The second kappa shape index (κ2) is 5.90. The normalized spacial score (nSPS) is 20.0. The van der Waals surface area contributed by atoms with E-state index in [9.17, 15) is 19.2 Å². The summed E-state index contributed by atoms with van der Waals surface area (Å²) >= 11 is 0. The molecule has 1 aromatic rings. The fourth-order valence-corrected chi connectivity index (χ4v) is 2.53. The lowest BCUT2D eigenvalue weighted by molar-refractivity contribution is -0.191. The van der Waals surface area contributed by atoms with E-state index in [1.165, 1.54) is 17.0 Å². The molecule has 1 heterocycles. The summed E-state index contributed by atoms with van der Waals surface area (Å²) in [6.45, 7) is 1.82. The molecule has 0 aliphatic carbocycles. The summed E-state index contributed by atoms with van der Waals surface area (Å²) in [4.78, 5) is 28.2. The lowest BCUT2D eigenvalue weighted by Crippen LogP contribution is -2.47. The van der Waals surface area contributed by atoms with Gasteiger partial charge in [-0.25, -0.2) is 4.79 Å². The summed E-state index contributed by atoms with van der Waals surface area (Å²) in [5, 5.41) is 9.23. The Hall–Kier alpha value is -2.11. The molecule has 2 atom stereocenters. The van der Waals surface area contributed by atoms with Crippen molar-refractivity contribution in [2.24, 2.45) is 0 Å². The van der Waals surface area contributed by atoms with E-state index in [1.54, 1.807) is 12.1 Å². The van der Waals surface area contributed by atoms with Crippen LogP contribution in [0.4, 0.5) is 4.53 Å². The molecule has 0 bridgehead atoms. The third-order valence-electron chi connectivity index (χ3n) is 3.59. The molecule has 0 saturated carbocycles. The van der Waals surface area contributed by atoms with Gasteiger partial charge >= 0.3 is 5.97 Å². The summed E-state index contributed by atoms with van der Waals surface area (Å²) in [6, 6.07) is 5.10. The van der Waals surface area contributed by atoms with E-state index in [0.29, 0.717) is 18.4 Å². The molecule has 2 rings (SSSR count). The number of rotatable bonds is 4. The minimum Gasteiger partial charge on any atom is -0.508 e. The minimum absolute atomic E-state index is 0.101. The van der Waals surface area contributed by atoms with Crippen LogP contribution in [0.5, 0.6) is 5.75 Å². The van der Waals surface area contributed by atoms with E-state index in [1.807, 2.05) is 6.92 Å². The Bertz CT molecular complexity index is 502. The second-order valence-electron chi connectivity index (χ2n) is 4.97. The molecule has 6 heteroatoms. The first-order valence-corrected chi connectivity index (χ1v) is 6.44.